The van der Waals surface area contributed by atoms with E-state index in [0.717, 1.165) is 44.1 Å². The molecule has 1 aromatic rings. The van der Waals surface area contributed by atoms with Gasteiger partial charge < -0.3 is 15.1 Å². The smallest absolute Gasteiger partial charge is 0.267 e. The summed E-state index contributed by atoms with van der Waals surface area (Å²) in [5.74, 6) is 0.679. The number of rotatable bonds is 5. The van der Waals surface area contributed by atoms with Crippen LogP contribution in [0, 0.1) is 0 Å². The molecule has 3 heterocycles. The molecule has 1 N–H and O–H groups in total. The van der Waals surface area contributed by atoms with Gasteiger partial charge in [-0.1, -0.05) is 13.0 Å². The first-order chi connectivity index (χ1) is 12.6. The number of hydrogen-bond acceptors (Lipinski definition) is 6. The molecule has 1 saturated heterocycles. The normalized spacial score (nSPS) is 18.7. The average molecular weight is 358 g/mol. The van der Waals surface area contributed by atoms with E-state index >= 15 is 0 Å². The Kier molecular flexibility index (Phi) is 5.82. The number of anilines is 1. The molecule has 2 amide bonds. The molecular formula is C18H26N6O2. The van der Waals surface area contributed by atoms with E-state index in [0.29, 0.717) is 25.1 Å². The van der Waals surface area contributed by atoms with E-state index in [9.17, 15) is 9.59 Å². The minimum absolute atomic E-state index is 0.0684. The summed E-state index contributed by atoms with van der Waals surface area (Å²) in [5.41, 5.74) is 1.33. The number of aromatic nitrogens is 1. The molecule has 140 valence electrons. The van der Waals surface area contributed by atoms with Gasteiger partial charge >= 0.3 is 0 Å². The summed E-state index contributed by atoms with van der Waals surface area (Å²) in [6.07, 6.45) is 2.51. The predicted octanol–water partition coefficient (Wildman–Crippen LogP) is 0.448. The number of hydrazone groups is 1. The van der Waals surface area contributed by atoms with Crippen LogP contribution in [-0.2, 0) is 16.1 Å². The van der Waals surface area contributed by atoms with E-state index in [4.69, 9.17) is 0 Å². The molecule has 8 heteroatoms. The van der Waals surface area contributed by atoms with E-state index in [1.54, 1.807) is 13.2 Å². The van der Waals surface area contributed by atoms with Crippen LogP contribution >= 0.6 is 0 Å². The molecule has 1 aromatic heterocycles. The lowest BCUT2D eigenvalue weighted by molar-refractivity contribution is -0.130. The topological polar surface area (TPSA) is 81.1 Å². The monoisotopic (exact) mass is 358 g/mol. The minimum atomic E-state index is -0.232. The Morgan fingerprint density at radius 1 is 1.19 bits per heavy atom. The number of pyridine rings is 1. The van der Waals surface area contributed by atoms with Gasteiger partial charge in [-0.25, -0.2) is 9.99 Å². The minimum Gasteiger partial charge on any atom is -0.354 e. The van der Waals surface area contributed by atoms with Gasteiger partial charge in [0.2, 0.25) is 5.91 Å². The number of nitrogens with zero attached hydrogens (tertiary/aromatic N) is 5. The van der Waals surface area contributed by atoms with Gasteiger partial charge in [0, 0.05) is 58.8 Å². The second-order valence-electron chi connectivity index (χ2n) is 6.59. The summed E-state index contributed by atoms with van der Waals surface area (Å²) in [4.78, 5) is 32.9. The first-order valence-corrected chi connectivity index (χ1v) is 9.11. The SMILES string of the molecule is CCN1CCN(c2ccc(CNC(=O)C3=NN(C)C(=O)CC3)cn2)CC1. The fourth-order valence-corrected chi connectivity index (χ4v) is 3.12. The molecule has 0 unspecified atom stereocenters. The summed E-state index contributed by atoms with van der Waals surface area (Å²) < 4.78 is 0. The number of nitrogens with one attached hydrogen (secondary N) is 1. The Morgan fingerprint density at radius 3 is 2.58 bits per heavy atom. The van der Waals surface area contributed by atoms with Crippen molar-refractivity contribution in [2.24, 2.45) is 5.10 Å². The van der Waals surface area contributed by atoms with Gasteiger partial charge in [-0.15, -0.1) is 0 Å². The molecule has 0 aromatic carbocycles. The fourth-order valence-electron chi connectivity index (χ4n) is 3.12. The summed E-state index contributed by atoms with van der Waals surface area (Å²) in [6, 6.07) is 4.00. The highest BCUT2D eigenvalue weighted by molar-refractivity contribution is 6.39. The summed E-state index contributed by atoms with van der Waals surface area (Å²) in [6.45, 7) is 7.78. The van der Waals surface area contributed by atoms with Gasteiger partial charge in [-0.05, 0) is 18.2 Å². The molecule has 0 saturated carbocycles. The van der Waals surface area contributed by atoms with E-state index in [2.05, 4.69) is 32.1 Å². The molecule has 1 fully saturated rings. The Balaban J connectivity index is 1.51. The van der Waals surface area contributed by atoms with Crippen LogP contribution in [0.3, 0.4) is 0 Å². The molecular weight excluding hydrogens is 332 g/mol. The molecule has 8 nitrogen and oxygen atoms in total. The second-order valence-corrected chi connectivity index (χ2v) is 6.59. The molecule has 0 aliphatic carbocycles. The van der Waals surface area contributed by atoms with Crippen LogP contribution in [0.15, 0.2) is 23.4 Å². The number of piperazine rings is 1. The van der Waals surface area contributed by atoms with Gasteiger partial charge in [0.25, 0.3) is 5.91 Å². The Morgan fingerprint density at radius 2 is 1.96 bits per heavy atom. The number of likely N-dealkylation sites (N-methyl/N-ethyl adjacent to an activating group) is 1. The van der Waals surface area contributed by atoms with Crippen molar-refractivity contribution in [3.8, 4) is 0 Å². The van der Waals surface area contributed by atoms with E-state index < -0.39 is 0 Å². The van der Waals surface area contributed by atoms with Gasteiger partial charge in [0.1, 0.15) is 11.5 Å². The van der Waals surface area contributed by atoms with E-state index in [1.807, 2.05) is 12.1 Å². The van der Waals surface area contributed by atoms with Crippen LogP contribution in [0.5, 0.6) is 0 Å². The molecule has 2 aliphatic heterocycles. The zero-order valence-corrected chi connectivity index (χ0v) is 15.4. The number of carbonyl (C=O) groups is 2. The van der Waals surface area contributed by atoms with Crippen molar-refractivity contribution in [1.82, 2.24) is 20.2 Å². The quantitative estimate of drug-likeness (QED) is 0.826. The van der Waals surface area contributed by atoms with Crippen molar-refractivity contribution < 1.29 is 9.59 Å². The van der Waals surface area contributed by atoms with E-state index in [1.165, 1.54) is 5.01 Å². The molecule has 0 bridgehead atoms. The summed E-state index contributed by atoms with van der Waals surface area (Å²) in [7, 11) is 1.57. The zero-order chi connectivity index (χ0) is 18.5. The molecule has 2 aliphatic rings. The third-order valence-corrected chi connectivity index (χ3v) is 4.88. The Bertz CT molecular complexity index is 679. The van der Waals surface area contributed by atoms with Crippen LogP contribution in [0.1, 0.15) is 25.3 Å². The highest BCUT2D eigenvalue weighted by atomic mass is 16.2. The molecule has 3 rings (SSSR count). The van der Waals surface area contributed by atoms with Crippen molar-refractivity contribution in [1.29, 1.82) is 0 Å². The summed E-state index contributed by atoms with van der Waals surface area (Å²) in [5, 5.41) is 8.10. The van der Waals surface area contributed by atoms with Crippen molar-refractivity contribution in [3.63, 3.8) is 0 Å². The van der Waals surface area contributed by atoms with Crippen LogP contribution < -0.4 is 10.2 Å². The number of hydrogen-bond donors (Lipinski definition) is 1. The van der Waals surface area contributed by atoms with Gasteiger partial charge in [0.15, 0.2) is 0 Å². The third kappa shape index (κ3) is 4.37. The molecule has 0 radical (unpaired) electrons. The lowest BCUT2D eigenvalue weighted by Crippen LogP contribution is -2.46. The first-order valence-electron chi connectivity index (χ1n) is 9.11. The maximum Gasteiger partial charge on any atom is 0.267 e. The average Bonchev–Trinajstić information content (AvgIpc) is 2.68. The van der Waals surface area contributed by atoms with Crippen molar-refractivity contribution >= 4 is 23.3 Å². The zero-order valence-electron chi connectivity index (χ0n) is 15.4. The van der Waals surface area contributed by atoms with Crippen LogP contribution in [0.2, 0.25) is 0 Å². The number of carbonyl (C=O) groups excluding carboxylic acids is 2. The van der Waals surface area contributed by atoms with Gasteiger partial charge in [0.05, 0.1) is 0 Å². The molecule has 0 spiro atoms. The van der Waals surface area contributed by atoms with Crippen LogP contribution in [0.4, 0.5) is 5.82 Å². The highest BCUT2D eigenvalue weighted by Gasteiger charge is 2.21. The lowest BCUT2D eigenvalue weighted by Gasteiger charge is -2.34. The van der Waals surface area contributed by atoms with Crippen molar-refractivity contribution in [2.75, 3.05) is 44.7 Å². The lowest BCUT2D eigenvalue weighted by atomic mass is 10.1. The largest absolute Gasteiger partial charge is 0.354 e. The Hall–Kier alpha value is -2.48. The molecule has 26 heavy (non-hydrogen) atoms. The number of amides is 2. The predicted molar refractivity (Wildman–Crippen MR) is 99.8 cm³/mol. The third-order valence-electron chi connectivity index (χ3n) is 4.88. The van der Waals surface area contributed by atoms with Crippen molar-refractivity contribution in [3.05, 3.63) is 23.9 Å². The summed E-state index contributed by atoms with van der Waals surface area (Å²) >= 11 is 0. The van der Waals surface area contributed by atoms with E-state index in [-0.39, 0.29) is 11.8 Å². The van der Waals surface area contributed by atoms with Gasteiger partial charge in [-0.3, -0.25) is 9.59 Å². The highest BCUT2D eigenvalue weighted by Crippen LogP contribution is 2.14. The van der Waals surface area contributed by atoms with Gasteiger partial charge in [-0.2, -0.15) is 5.10 Å². The van der Waals surface area contributed by atoms with Crippen LogP contribution in [0.25, 0.3) is 0 Å². The second kappa shape index (κ2) is 8.27. The first kappa shape index (κ1) is 18.3. The van der Waals surface area contributed by atoms with Crippen LogP contribution in [-0.4, -0.2) is 72.2 Å². The fraction of sp³-hybridized carbons (Fsp3) is 0.556. The maximum atomic E-state index is 12.2. The Labute approximate surface area is 153 Å². The molecule has 0 atom stereocenters. The van der Waals surface area contributed by atoms with Crippen molar-refractivity contribution in [2.45, 2.75) is 26.3 Å². The maximum absolute atomic E-state index is 12.2. The standard InChI is InChI=1S/C18H26N6O2/c1-3-23-8-10-24(11-9-23)16-6-4-14(12-19-16)13-20-18(26)15-5-7-17(25)22(2)21-15/h4,6,12H,3,5,7-11,13H2,1-2H3,(H,20,26).